The lowest BCUT2D eigenvalue weighted by molar-refractivity contribution is -0.120. The molecule has 0 bridgehead atoms. The molecule has 25 heavy (non-hydrogen) atoms. The van der Waals surface area contributed by atoms with E-state index >= 15 is 0 Å². The summed E-state index contributed by atoms with van der Waals surface area (Å²) >= 11 is 0. The average Bonchev–Trinajstić information content (AvgIpc) is 3.37. The summed E-state index contributed by atoms with van der Waals surface area (Å²) in [6.45, 7) is 6.03. The summed E-state index contributed by atoms with van der Waals surface area (Å²) in [6, 6.07) is 5.86. The molecule has 0 heterocycles. The molecule has 0 aliphatic heterocycles. The molecular formula is C21H29NO3. The highest BCUT2D eigenvalue weighted by molar-refractivity contribution is 5.97. The fraction of sp³-hybridized carbons (Fsp3) is 0.619. The van der Waals surface area contributed by atoms with E-state index in [0.29, 0.717) is 23.8 Å². The minimum Gasteiger partial charge on any atom is -0.491 e. The van der Waals surface area contributed by atoms with Gasteiger partial charge in [-0.2, -0.15) is 0 Å². The first kappa shape index (κ1) is 18.0. The number of nitrogens with two attached hydrogens (primary N) is 1. The number of amides is 1. The van der Waals surface area contributed by atoms with Gasteiger partial charge < -0.3 is 10.5 Å². The van der Waals surface area contributed by atoms with Gasteiger partial charge in [-0.05, 0) is 68.4 Å². The molecule has 2 fully saturated rings. The third-order valence-electron chi connectivity index (χ3n) is 5.42. The van der Waals surface area contributed by atoms with Crippen molar-refractivity contribution in [3.05, 3.63) is 29.3 Å². The lowest BCUT2D eigenvalue weighted by Gasteiger charge is -2.27. The lowest BCUT2D eigenvalue weighted by Crippen LogP contribution is -2.30. The minimum atomic E-state index is -0.324. The second kappa shape index (κ2) is 6.81. The van der Waals surface area contributed by atoms with Gasteiger partial charge in [0.25, 0.3) is 0 Å². The fourth-order valence-electron chi connectivity index (χ4n) is 3.79. The van der Waals surface area contributed by atoms with Gasteiger partial charge in [-0.1, -0.05) is 19.1 Å². The van der Waals surface area contributed by atoms with E-state index in [2.05, 4.69) is 0 Å². The number of ketones is 1. The molecule has 4 heteroatoms. The largest absolute Gasteiger partial charge is 0.491 e. The Balaban J connectivity index is 1.80. The number of benzene rings is 1. The normalized spacial score (nSPS) is 19.5. The summed E-state index contributed by atoms with van der Waals surface area (Å²) in [5.41, 5.74) is 7.00. The number of Topliss-reactive ketones (excluding diaryl/α,β-unsaturated/α-hetero) is 1. The average molecular weight is 343 g/mol. The van der Waals surface area contributed by atoms with E-state index < -0.39 is 0 Å². The van der Waals surface area contributed by atoms with Gasteiger partial charge in [0.15, 0.2) is 5.78 Å². The molecule has 1 aromatic carbocycles. The SMILES string of the molecule is CC(C)Oc1cc(C(=O)C[C@](C)(CC(N)=O)C2CC2)ccc1C1CC1. The molecule has 2 aliphatic carbocycles. The number of primary amides is 1. The maximum Gasteiger partial charge on any atom is 0.217 e. The molecule has 0 saturated heterocycles. The van der Waals surface area contributed by atoms with Crippen LogP contribution in [0.4, 0.5) is 0 Å². The second-order valence-corrected chi connectivity index (χ2v) is 8.36. The molecule has 0 radical (unpaired) electrons. The summed E-state index contributed by atoms with van der Waals surface area (Å²) < 4.78 is 5.97. The number of hydrogen-bond donors (Lipinski definition) is 1. The molecular weight excluding hydrogens is 314 g/mol. The van der Waals surface area contributed by atoms with E-state index in [1.54, 1.807) is 0 Å². The summed E-state index contributed by atoms with van der Waals surface area (Å²) in [5, 5.41) is 0. The number of carbonyl (C=O) groups excluding carboxylic acids is 2. The molecule has 3 rings (SSSR count). The Morgan fingerprint density at radius 1 is 1.20 bits per heavy atom. The summed E-state index contributed by atoms with van der Waals surface area (Å²) in [4.78, 5) is 24.4. The maximum absolute atomic E-state index is 12.9. The monoisotopic (exact) mass is 343 g/mol. The van der Waals surface area contributed by atoms with Gasteiger partial charge in [-0.3, -0.25) is 9.59 Å². The first-order valence-electron chi connectivity index (χ1n) is 9.40. The second-order valence-electron chi connectivity index (χ2n) is 8.36. The van der Waals surface area contributed by atoms with Crippen molar-refractivity contribution in [1.29, 1.82) is 0 Å². The first-order valence-corrected chi connectivity index (χ1v) is 9.40. The zero-order chi connectivity index (χ0) is 18.2. The molecule has 1 amide bonds. The van der Waals surface area contributed by atoms with E-state index in [1.807, 2.05) is 39.0 Å². The molecule has 136 valence electrons. The van der Waals surface area contributed by atoms with E-state index in [-0.39, 0.29) is 29.6 Å². The zero-order valence-electron chi connectivity index (χ0n) is 15.5. The van der Waals surface area contributed by atoms with E-state index in [9.17, 15) is 9.59 Å². The predicted octanol–water partition coefficient (Wildman–Crippen LogP) is 4.22. The van der Waals surface area contributed by atoms with Gasteiger partial charge in [0, 0.05) is 18.4 Å². The number of ether oxygens (including phenoxy) is 1. The Hall–Kier alpha value is -1.84. The van der Waals surface area contributed by atoms with E-state index in [4.69, 9.17) is 10.5 Å². The topological polar surface area (TPSA) is 69.4 Å². The highest BCUT2D eigenvalue weighted by Gasteiger charge is 2.43. The van der Waals surface area contributed by atoms with Gasteiger partial charge >= 0.3 is 0 Å². The third kappa shape index (κ3) is 4.42. The van der Waals surface area contributed by atoms with Crippen LogP contribution in [0.3, 0.4) is 0 Å². The molecule has 0 spiro atoms. The van der Waals surface area contributed by atoms with Crippen molar-refractivity contribution in [2.24, 2.45) is 17.1 Å². The Kier molecular flexibility index (Phi) is 4.90. The van der Waals surface area contributed by atoms with Crippen molar-refractivity contribution in [2.75, 3.05) is 0 Å². The van der Waals surface area contributed by atoms with Crippen molar-refractivity contribution in [1.82, 2.24) is 0 Å². The lowest BCUT2D eigenvalue weighted by atomic mass is 9.76. The zero-order valence-corrected chi connectivity index (χ0v) is 15.5. The quantitative estimate of drug-likeness (QED) is 0.683. The van der Waals surface area contributed by atoms with E-state index in [0.717, 1.165) is 18.6 Å². The van der Waals surface area contributed by atoms with Crippen LogP contribution in [0.5, 0.6) is 5.75 Å². The molecule has 2 saturated carbocycles. The van der Waals surface area contributed by atoms with Crippen molar-refractivity contribution in [2.45, 2.75) is 71.3 Å². The van der Waals surface area contributed by atoms with Crippen LogP contribution >= 0.6 is 0 Å². The smallest absolute Gasteiger partial charge is 0.217 e. The third-order valence-corrected chi connectivity index (χ3v) is 5.42. The maximum atomic E-state index is 12.9. The van der Waals surface area contributed by atoms with Crippen molar-refractivity contribution < 1.29 is 14.3 Å². The van der Waals surface area contributed by atoms with Gasteiger partial charge in [0.2, 0.25) is 5.91 Å². The molecule has 0 unspecified atom stereocenters. The van der Waals surface area contributed by atoms with Crippen LogP contribution in [0.2, 0.25) is 0 Å². The Bertz CT molecular complexity index is 674. The Morgan fingerprint density at radius 3 is 2.40 bits per heavy atom. The fourth-order valence-corrected chi connectivity index (χ4v) is 3.79. The predicted molar refractivity (Wildman–Crippen MR) is 97.8 cm³/mol. The molecule has 0 aromatic heterocycles. The van der Waals surface area contributed by atoms with Gasteiger partial charge in [-0.25, -0.2) is 0 Å². The number of carbonyl (C=O) groups is 2. The molecule has 1 atom stereocenters. The van der Waals surface area contributed by atoms with Crippen LogP contribution in [-0.4, -0.2) is 17.8 Å². The number of rotatable bonds is 9. The van der Waals surface area contributed by atoms with Crippen LogP contribution in [0, 0.1) is 11.3 Å². The Morgan fingerprint density at radius 2 is 1.88 bits per heavy atom. The Labute approximate surface area is 150 Å². The van der Waals surface area contributed by atoms with Crippen molar-refractivity contribution >= 4 is 11.7 Å². The standard InChI is InChI=1S/C21H29NO3/c1-13(2)25-19-10-15(6-9-17(19)14-4-5-14)18(23)11-21(3,12-20(22)24)16-7-8-16/h6,9-10,13-14,16H,4-5,7-8,11-12H2,1-3H3,(H2,22,24)/t21-/m1/s1. The summed E-state index contributed by atoms with van der Waals surface area (Å²) in [7, 11) is 0. The first-order chi connectivity index (χ1) is 11.8. The molecule has 4 nitrogen and oxygen atoms in total. The molecule has 2 aliphatic rings. The van der Waals surface area contributed by atoms with Crippen LogP contribution in [0.15, 0.2) is 18.2 Å². The van der Waals surface area contributed by atoms with Crippen LogP contribution < -0.4 is 10.5 Å². The summed E-state index contributed by atoms with van der Waals surface area (Å²) in [5.74, 6) is 1.60. The van der Waals surface area contributed by atoms with Crippen LogP contribution in [-0.2, 0) is 4.79 Å². The molecule has 1 aromatic rings. The minimum absolute atomic E-state index is 0.0756. The number of hydrogen-bond acceptors (Lipinski definition) is 3. The van der Waals surface area contributed by atoms with Gasteiger partial charge in [0.05, 0.1) is 6.10 Å². The van der Waals surface area contributed by atoms with Gasteiger partial charge in [-0.15, -0.1) is 0 Å². The molecule has 2 N–H and O–H groups in total. The van der Waals surface area contributed by atoms with Crippen molar-refractivity contribution in [3.63, 3.8) is 0 Å². The summed E-state index contributed by atoms with van der Waals surface area (Å²) in [6.07, 6.45) is 5.28. The highest BCUT2D eigenvalue weighted by Crippen LogP contribution is 2.50. The van der Waals surface area contributed by atoms with Crippen LogP contribution in [0.1, 0.15) is 81.1 Å². The van der Waals surface area contributed by atoms with Gasteiger partial charge in [0.1, 0.15) is 5.75 Å². The van der Waals surface area contributed by atoms with Crippen molar-refractivity contribution in [3.8, 4) is 5.75 Å². The van der Waals surface area contributed by atoms with E-state index in [1.165, 1.54) is 18.4 Å². The van der Waals surface area contributed by atoms with Crippen LogP contribution in [0.25, 0.3) is 0 Å². The highest BCUT2D eigenvalue weighted by atomic mass is 16.5.